The molecule has 160 valence electrons. The van der Waals surface area contributed by atoms with E-state index in [2.05, 4.69) is 4.98 Å². The minimum atomic E-state index is -0.621. The molecule has 0 N–H and O–H groups in total. The summed E-state index contributed by atoms with van der Waals surface area (Å²) in [5, 5.41) is 0.276. The lowest BCUT2D eigenvalue weighted by Crippen LogP contribution is -2.39. The normalized spacial score (nSPS) is 14.3. The van der Waals surface area contributed by atoms with Crippen LogP contribution < -0.4 is 4.74 Å². The molecular formula is C22H23ClF2N2O3. The number of nitrogens with zero attached hydrogens (tertiary/aromatic N) is 2. The Balaban J connectivity index is 1.70. The molecule has 1 aliphatic rings. The van der Waals surface area contributed by atoms with E-state index < -0.39 is 23.3 Å². The van der Waals surface area contributed by atoms with Crippen LogP contribution in [-0.2, 0) is 11.3 Å². The average molecular weight is 437 g/mol. The number of halogens is 3. The molecule has 3 rings (SSSR count). The summed E-state index contributed by atoms with van der Waals surface area (Å²) in [7, 11) is 0. The van der Waals surface area contributed by atoms with Gasteiger partial charge in [-0.15, -0.1) is 0 Å². The van der Waals surface area contributed by atoms with Crippen LogP contribution in [0.3, 0.4) is 0 Å². The molecule has 0 aliphatic carbocycles. The van der Waals surface area contributed by atoms with Gasteiger partial charge in [-0.3, -0.25) is 4.98 Å². The highest BCUT2D eigenvalue weighted by Crippen LogP contribution is 2.29. The van der Waals surface area contributed by atoms with Gasteiger partial charge in [0.25, 0.3) is 0 Å². The van der Waals surface area contributed by atoms with Crippen molar-refractivity contribution in [3.63, 3.8) is 0 Å². The Bertz CT molecular complexity index is 973. The summed E-state index contributed by atoms with van der Waals surface area (Å²) in [5.74, 6) is -1.16. The first-order valence-electron chi connectivity index (χ1n) is 9.52. The van der Waals surface area contributed by atoms with Gasteiger partial charge in [-0.05, 0) is 44.9 Å². The fourth-order valence-electron chi connectivity index (χ4n) is 2.93. The average Bonchev–Trinajstić information content (AvgIpc) is 2.67. The molecule has 1 aromatic carbocycles. The molecular weight excluding hydrogens is 414 g/mol. The number of ether oxygens (including phenoxy) is 2. The maximum Gasteiger partial charge on any atom is 0.410 e. The first-order valence-corrected chi connectivity index (χ1v) is 9.90. The summed E-state index contributed by atoms with van der Waals surface area (Å²) in [4.78, 5) is 17.9. The van der Waals surface area contributed by atoms with Crippen LogP contribution in [0.2, 0.25) is 5.02 Å². The highest BCUT2D eigenvalue weighted by molar-refractivity contribution is 6.30. The molecule has 1 aliphatic heterocycles. The summed E-state index contributed by atoms with van der Waals surface area (Å²) in [5.41, 5.74) is 0.523. The highest BCUT2D eigenvalue weighted by Gasteiger charge is 2.25. The Morgan fingerprint density at radius 2 is 2.03 bits per heavy atom. The van der Waals surface area contributed by atoms with Gasteiger partial charge < -0.3 is 14.4 Å². The number of rotatable bonds is 4. The van der Waals surface area contributed by atoms with E-state index in [1.165, 1.54) is 24.4 Å². The Kier molecular flexibility index (Phi) is 6.61. The molecule has 0 atom stereocenters. The lowest BCUT2D eigenvalue weighted by Gasteiger charge is -2.29. The van der Waals surface area contributed by atoms with Gasteiger partial charge in [-0.1, -0.05) is 23.7 Å². The molecule has 5 nitrogen and oxygen atoms in total. The van der Waals surface area contributed by atoms with Gasteiger partial charge in [0.2, 0.25) is 0 Å². The van der Waals surface area contributed by atoms with Gasteiger partial charge in [0.05, 0.1) is 0 Å². The van der Waals surface area contributed by atoms with E-state index in [0.29, 0.717) is 25.1 Å². The molecule has 0 radical (unpaired) electrons. The Morgan fingerprint density at radius 1 is 1.27 bits per heavy atom. The second-order valence-electron chi connectivity index (χ2n) is 7.90. The Morgan fingerprint density at radius 3 is 2.67 bits per heavy atom. The monoisotopic (exact) mass is 436 g/mol. The van der Waals surface area contributed by atoms with Gasteiger partial charge in [0.1, 0.15) is 23.7 Å². The fraction of sp³-hybridized carbons (Fsp3) is 0.364. The predicted molar refractivity (Wildman–Crippen MR) is 110 cm³/mol. The minimum Gasteiger partial charge on any atom is -0.486 e. The molecule has 0 saturated heterocycles. The van der Waals surface area contributed by atoms with Crippen molar-refractivity contribution < 1.29 is 23.0 Å². The molecule has 0 saturated carbocycles. The second-order valence-corrected chi connectivity index (χ2v) is 8.34. The van der Waals surface area contributed by atoms with Crippen LogP contribution in [-0.4, -0.2) is 34.7 Å². The maximum atomic E-state index is 15.0. The van der Waals surface area contributed by atoms with Crippen molar-refractivity contribution in [3.8, 4) is 5.75 Å². The molecule has 30 heavy (non-hydrogen) atoms. The zero-order chi connectivity index (χ0) is 21.9. The van der Waals surface area contributed by atoms with Crippen molar-refractivity contribution >= 4 is 23.3 Å². The second kappa shape index (κ2) is 9.00. The smallest absolute Gasteiger partial charge is 0.410 e. The first-order chi connectivity index (χ1) is 14.1. The number of aromatic nitrogens is 1. The third-order valence-corrected chi connectivity index (χ3v) is 4.65. The van der Waals surface area contributed by atoms with E-state index in [0.717, 1.165) is 0 Å². The lowest BCUT2D eigenvalue weighted by atomic mass is 10.0. The number of hydrogen-bond acceptors (Lipinski definition) is 4. The quantitative estimate of drug-likeness (QED) is 0.624. The van der Waals surface area contributed by atoms with Gasteiger partial charge in [-0.25, -0.2) is 13.6 Å². The molecule has 8 heteroatoms. The largest absolute Gasteiger partial charge is 0.486 e. The number of carbonyl (C=O) groups is 1. The summed E-state index contributed by atoms with van der Waals surface area (Å²) >= 11 is 5.74. The molecule has 2 heterocycles. The van der Waals surface area contributed by atoms with Crippen molar-refractivity contribution in [2.75, 3.05) is 13.1 Å². The summed E-state index contributed by atoms with van der Waals surface area (Å²) in [6.07, 6.45) is 3.21. The van der Waals surface area contributed by atoms with E-state index >= 15 is 0 Å². The number of carbonyl (C=O) groups excluding carboxylic acids is 1. The van der Waals surface area contributed by atoms with Gasteiger partial charge >= 0.3 is 6.09 Å². The summed E-state index contributed by atoms with van der Waals surface area (Å²) in [6, 6.07) is 5.61. The van der Waals surface area contributed by atoms with Crippen molar-refractivity contribution in [3.05, 3.63) is 64.5 Å². The predicted octanol–water partition coefficient (Wildman–Crippen LogP) is 5.62. The minimum absolute atomic E-state index is 0.0233. The Labute approximate surface area is 179 Å². The number of hydrogen-bond donors (Lipinski definition) is 0. The van der Waals surface area contributed by atoms with Crippen LogP contribution in [0.25, 0.3) is 5.57 Å². The lowest BCUT2D eigenvalue weighted by molar-refractivity contribution is 0.0270. The third kappa shape index (κ3) is 5.48. The molecule has 2 aromatic rings. The molecule has 1 amide bonds. The summed E-state index contributed by atoms with van der Waals surface area (Å²) in [6.45, 7) is 5.95. The van der Waals surface area contributed by atoms with Crippen LogP contribution in [0.5, 0.6) is 5.75 Å². The standard InChI is InChI=1S/C22H23ClF2N2O3/c1-22(2,3)30-21(28)27-10-7-14(8-11-27)20-19(25)18(6-9-26-20)29-13-15-4-5-16(23)12-17(15)24/h4-7,9,12H,8,10-11,13H2,1-3H3. The molecule has 0 unspecified atom stereocenters. The summed E-state index contributed by atoms with van der Waals surface area (Å²) < 4.78 is 39.7. The third-order valence-electron chi connectivity index (χ3n) is 4.42. The Hall–Kier alpha value is -2.67. The number of benzene rings is 1. The van der Waals surface area contributed by atoms with Gasteiger partial charge in [0.15, 0.2) is 11.6 Å². The van der Waals surface area contributed by atoms with Crippen LogP contribution in [0.15, 0.2) is 36.5 Å². The molecule has 1 aromatic heterocycles. The molecule has 0 fully saturated rings. The SMILES string of the molecule is CC(C)(C)OC(=O)N1CC=C(c2nccc(OCc3ccc(Cl)cc3F)c2F)CC1. The van der Waals surface area contributed by atoms with Crippen molar-refractivity contribution in [2.45, 2.75) is 39.4 Å². The maximum absolute atomic E-state index is 15.0. The number of amides is 1. The van der Waals surface area contributed by atoms with Crippen LogP contribution in [0.1, 0.15) is 38.4 Å². The van der Waals surface area contributed by atoms with Gasteiger partial charge in [-0.2, -0.15) is 0 Å². The molecule has 0 bridgehead atoms. The van der Waals surface area contributed by atoms with Crippen LogP contribution in [0, 0.1) is 11.6 Å². The van der Waals surface area contributed by atoms with Crippen molar-refractivity contribution in [1.29, 1.82) is 0 Å². The van der Waals surface area contributed by atoms with E-state index in [-0.39, 0.29) is 28.6 Å². The van der Waals surface area contributed by atoms with E-state index in [9.17, 15) is 13.6 Å². The zero-order valence-corrected chi connectivity index (χ0v) is 17.8. The zero-order valence-electron chi connectivity index (χ0n) is 17.0. The van der Waals surface area contributed by atoms with E-state index in [4.69, 9.17) is 21.1 Å². The van der Waals surface area contributed by atoms with Crippen molar-refractivity contribution in [2.24, 2.45) is 0 Å². The highest BCUT2D eigenvalue weighted by atomic mass is 35.5. The fourth-order valence-corrected chi connectivity index (χ4v) is 3.09. The van der Waals surface area contributed by atoms with E-state index in [1.54, 1.807) is 37.8 Å². The van der Waals surface area contributed by atoms with Crippen LogP contribution in [0.4, 0.5) is 13.6 Å². The van der Waals surface area contributed by atoms with Crippen molar-refractivity contribution in [1.82, 2.24) is 9.88 Å². The van der Waals surface area contributed by atoms with Crippen LogP contribution >= 0.6 is 11.6 Å². The van der Waals surface area contributed by atoms with E-state index in [1.807, 2.05) is 0 Å². The number of pyridine rings is 1. The first kappa shape index (κ1) is 22.0. The molecule has 0 spiro atoms. The topological polar surface area (TPSA) is 51.7 Å². The van der Waals surface area contributed by atoms with Gasteiger partial charge in [0, 0.05) is 35.9 Å².